The van der Waals surface area contributed by atoms with Gasteiger partial charge in [0.25, 0.3) is 0 Å². The summed E-state index contributed by atoms with van der Waals surface area (Å²) in [5, 5.41) is 24.9. The first-order chi connectivity index (χ1) is 12.7. The molecule has 0 saturated heterocycles. The molecule has 4 aromatic rings. The van der Waals surface area contributed by atoms with Crippen molar-refractivity contribution >= 4 is 45.8 Å². The number of pyridine rings is 1. The molecular formula is C19H20ClN5O2. The van der Waals surface area contributed by atoms with Crippen molar-refractivity contribution in [3.63, 3.8) is 0 Å². The molecule has 0 bridgehead atoms. The Morgan fingerprint density at radius 2 is 1.67 bits per heavy atom. The van der Waals surface area contributed by atoms with Crippen LogP contribution in [0.4, 0.5) is 11.6 Å². The summed E-state index contributed by atoms with van der Waals surface area (Å²) < 4.78 is 1.66. The molecule has 0 saturated carbocycles. The standard InChI is InChI=1S/C19H19N5O2.ClH/c25-24(26)19-21-11-13-23(19)12-5-10-20-18-14-6-1-3-8-16(14)22-17-9-4-2-7-15(17)18;/h1-4,6-9,11,13,24-25H,5,10,12H2,(H,20,22);1H. The number of rotatable bonds is 6. The van der Waals surface area contributed by atoms with Crippen molar-refractivity contribution in [2.75, 3.05) is 11.9 Å². The zero-order chi connectivity index (χ0) is 17.9. The number of halogens is 1. The highest BCUT2D eigenvalue weighted by molar-refractivity contribution is 6.07. The number of imidazole rings is 1. The molecule has 0 fully saturated rings. The van der Waals surface area contributed by atoms with Crippen LogP contribution in [-0.2, 0) is 6.54 Å². The maximum atomic E-state index is 11.1. The first-order valence-corrected chi connectivity index (χ1v) is 8.50. The second kappa shape index (κ2) is 8.32. The van der Waals surface area contributed by atoms with Crippen molar-refractivity contribution in [3.05, 3.63) is 66.1 Å². The summed E-state index contributed by atoms with van der Waals surface area (Å²) in [7, 11) is 0. The second-order valence-corrected chi connectivity index (χ2v) is 6.05. The van der Waals surface area contributed by atoms with Crippen LogP contribution in [-0.4, -0.2) is 26.3 Å². The van der Waals surface area contributed by atoms with E-state index in [-0.39, 0.29) is 18.4 Å². The molecule has 2 aromatic heterocycles. The zero-order valence-corrected chi connectivity index (χ0v) is 15.3. The first-order valence-electron chi connectivity index (χ1n) is 8.50. The number of anilines is 1. The van der Waals surface area contributed by atoms with Gasteiger partial charge in [0.1, 0.15) is 0 Å². The van der Waals surface area contributed by atoms with E-state index >= 15 is 0 Å². The summed E-state index contributed by atoms with van der Waals surface area (Å²) in [5.41, 5.74) is 2.98. The van der Waals surface area contributed by atoms with Crippen molar-refractivity contribution in [2.45, 2.75) is 13.0 Å². The number of nitrogens with zero attached hydrogens (tertiary/aromatic N) is 3. The molecule has 1 unspecified atom stereocenters. The average molecular weight is 386 g/mol. The fourth-order valence-electron chi connectivity index (χ4n) is 3.18. The second-order valence-electron chi connectivity index (χ2n) is 6.05. The van der Waals surface area contributed by atoms with Gasteiger partial charge in [0.2, 0.25) is 0 Å². The highest BCUT2D eigenvalue weighted by atomic mass is 35.5. The number of hydrogen-bond donors (Lipinski definition) is 3. The number of aryl methyl sites for hydroxylation is 1. The topological polar surface area (TPSA) is 90.5 Å². The highest BCUT2D eigenvalue weighted by Gasteiger charge is 2.10. The minimum absolute atomic E-state index is 0. The van der Waals surface area contributed by atoms with Crippen LogP contribution in [0.2, 0.25) is 0 Å². The van der Waals surface area contributed by atoms with Crippen LogP contribution < -0.4 is 10.5 Å². The third kappa shape index (κ3) is 3.86. The van der Waals surface area contributed by atoms with E-state index in [9.17, 15) is 5.21 Å². The quantitative estimate of drug-likeness (QED) is 0.270. The number of nitrogens with one attached hydrogen (secondary N) is 2. The predicted molar refractivity (Wildman–Crippen MR) is 108 cm³/mol. The Morgan fingerprint density at radius 1 is 1.04 bits per heavy atom. The fourth-order valence-corrected chi connectivity index (χ4v) is 3.18. The molecule has 0 aliphatic carbocycles. The van der Waals surface area contributed by atoms with Gasteiger partial charge in [0.05, 0.1) is 22.9 Å². The van der Waals surface area contributed by atoms with Crippen molar-refractivity contribution in [1.29, 1.82) is 0 Å². The van der Waals surface area contributed by atoms with E-state index in [1.54, 1.807) is 10.8 Å². The van der Waals surface area contributed by atoms with Crippen molar-refractivity contribution in [2.24, 2.45) is 0 Å². The molecule has 2 aromatic carbocycles. The van der Waals surface area contributed by atoms with E-state index < -0.39 is 5.23 Å². The summed E-state index contributed by atoms with van der Waals surface area (Å²) in [6, 6.07) is 16.1. The lowest BCUT2D eigenvalue weighted by Gasteiger charge is -2.14. The number of para-hydroxylation sites is 2. The summed E-state index contributed by atoms with van der Waals surface area (Å²) in [5.74, 6) is 0.0739. The average Bonchev–Trinajstić information content (AvgIpc) is 3.13. The number of fused-ring (bicyclic) bond motifs is 2. The highest BCUT2D eigenvalue weighted by Crippen LogP contribution is 2.30. The fraction of sp³-hybridized carbons (Fsp3) is 0.158. The molecular weight excluding hydrogens is 366 g/mol. The van der Waals surface area contributed by atoms with E-state index in [2.05, 4.69) is 22.4 Å². The maximum Gasteiger partial charge on any atom is 0.340 e. The van der Waals surface area contributed by atoms with Gasteiger partial charge in [-0.15, -0.1) is 12.4 Å². The van der Waals surface area contributed by atoms with E-state index in [4.69, 9.17) is 10.2 Å². The van der Waals surface area contributed by atoms with Gasteiger partial charge in [-0.1, -0.05) is 36.4 Å². The lowest BCUT2D eigenvalue weighted by atomic mass is 10.1. The van der Waals surface area contributed by atoms with Crippen LogP contribution in [0.15, 0.2) is 60.9 Å². The molecule has 0 spiro atoms. The van der Waals surface area contributed by atoms with Crippen LogP contribution in [0, 0.1) is 5.21 Å². The van der Waals surface area contributed by atoms with E-state index in [0.29, 0.717) is 6.54 Å². The van der Waals surface area contributed by atoms with Gasteiger partial charge in [-0.05, 0) is 18.6 Å². The van der Waals surface area contributed by atoms with Crippen LogP contribution in [0.3, 0.4) is 0 Å². The van der Waals surface area contributed by atoms with Crippen molar-refractivity contribution < 1.29 is 10.4 Å². The summed E-state index contributed by atoms with van der Waals surface area (Å²) in [6.45, 7) is 1.31. The van der Waals surface area contributed by atoms with Crippen LogP contribution >= 0.6 is 12.4 Å². The molecule has 0 amide bonds. The number of hydrogen-bond acceptors (Lipinski definition) is 5. The minimum Gasteiger partial charge on any atom is -0.592 e. The maximum absolute atomic E-state index is 11.1. The van der Waals surface area contributed by atoms with Gasteiger partial charge in [0, 0.05) is 30.1 Å². The Balaban J connectivity index is 0.00000210. The van der Waals surface area contributed by atoms with Crippen LogP contribution in [0.25, 0.3) is 21.8 Å². The number of aromatic nitrogens is 3. The van der Waals surface area contributed by atoms with Crippen molar-refractivity contribution in [1.82, 2.24) is 14.5 Å². The summed E-state index contributed by atoms with van der Waals surface area (Å²) in [4.78, 5) is 8.59. The predicted octanol–water partition coefficient (Wildman–Crippen LogP) is 2.91. The molecule has 2 heterocycles. The van der Waals surface area contributed by atoms with Crippen molar-refractivity contribution in [3.8, 4) is 0 Å². The Hall–Kier alpha value is -2.71. The molecule has 1 atom stereocenters. The summed E-state index contributed by atoms with van der Waals surface area (Å²) >= 11 is 0. The third-order valence-corrected chi connectivity index (χ3v) is 4.37. The first kappa shape index (κ1) is 19.1. The lowest BCUT2D eigenvalue weighted by molar-refractivity contribution is -0.995. The molecule has 0 aliphatic rings. The van der Waals surface area contributed by atoms with Gasteiger partial charge in [0.15, 0.2) is 0 Å². The molecule has 27 heavy (non-hydrogen) atoms. The van der Waals surface area contributed by atoms with Gasteiger partial charge in [-0.25, -0.2) is 10.2 Å². The number of benzene rings is 2. The van der Waals surface area contributed by atoms with Crippen LogP contribution in [0.1, 0.15) is 6.42 Å². The van der Waals surface area contributed by atoms with E-state index in [1.165, 1.54) is 6.20 Å². The minimum atomic E-state index is -1.01. The molecule has 7 nitrogen and oxygen atoms in total. The molecule has 3 N–H and O–H groups in total. The largest absolute Gasteiger partial charge is 0.592 e. The molecule has 4 rings (SSSR count). The SMILES string of the molecule is Cl.[O-][NH+](O)c1nccn1CCCNc1c2ccccc2nc2ccccc12. The van der Waals surface area contributed by atoms with Gasteiger partial charge >= 0.3 is 5.95 Å². The van der Waals surface area contributed by atoms with E-state index in [0.717, 1.165) is 40.5 Å². The Morgan fingerprint density at radius 3 is 2.30 bits per heavy atom. The van der Waals surface area contributed by atoms with E-state index in [1.807, 2.05) is 36.4 Å². The third-order valence-electron chi connectivity index (χ3n) is 4.37. The monoisotopic (exact) mass is 385 g/mol. The molecule has 0 radical (unpaired) electrons. The van der Waals surface area contributed by atoms with Gasteiger partial charge < -0.3 is 10.5 Å². The Labute approximate surface area is 162 Å². The van der Waals surface area contributed by atoms with Gasteiger partial charge in [-0.2, -0.15) is 10.2 Å². The molecule has 140 valence electrons. The number of quaternary nitrogens is 1. The van der Waals surface area contributed by atoms with Crippen LogP contribution in [0.5, 0.6) is 0 Å². The zero-order valence-electron chi connectivity index (χ0n) is 14.5. The molecule has 0 aliphatic heterocycles. The normalized spacial score (nSPS) is 12.1. The lowest BCUT2D eigenvalue weighted by Crippen LogP contribution is -3.00. The molecule has 8 heteroatoms. The Bertz CT molecular complexity index is 997. The van der Waals surface area contributed by atoms with Gasteiger partial charge in [-0.3, -0.25) is 4.57 Å². The summed E-state index contributed by atoms with van der Waals surface area (Å²) in [6.07, 6.45) is 3.99. The Kier molecular flexibility index (Phi) is 5.88. The smallest absolute Gasteiger partial charge is 0.340 e.